The molecule has 0 aliphatic carbocycles. The van der Waals surface area contributed by atoms with Crippen LogP contribution in [0.2, 0.25) is 0 Å². The number of nitrogens with two attached hydrogens (primary N) is 1. The minimum Gasteiger partial charge on any atom is -0.443 e. The number of carbonyl (C=O) groups excluding carboxylic acids is 2. The number of nitrogen functional groups attached to an aromatic ring is 1. The van der Waals surface area contributed by atoms with Gasteiger partial charge in [-0.3, -0.25) is 0 Å². The van der Waals surface area contributed by atoms with Gasteiger partial charge in [0.15, 0.2) is 0 Å². The Morgan fingerprint density at radius 1 is 0.710 bits per heavy atom. The maximum Gasteiger partial charge on any atom is 0.429 e. The van der Waals surface area contributed by atoms with Crippen molar-refractivity contribution >= 4 is 17.9 Å². The van der Waals surface area contributed by atoms with Gasteiger partial charge in [-0.05, 0) is 28.8 Å². The number of hydrogen-bond donors (Lipinski definition) is 1. The first-order chi connectivity index (χ1) is 15.0. The van der Waals surface area contributed by atoms with E-state index in [0.717, 1.165) is 21.7 Å². The van der Waals surface area contributed by atoms with Gasteiger partial charge in [0, 0.05) is 12.7 Å². The molecular weight excluding hydrogens is 394 g/mol. The quantitative estimate of drug-likeness (QED) is 0.467. The van der Waals surface area contributed by atoms with E-state index in [2.05, 4.69) is 0 Å². The van der Waals surface area contributed by atoms with Crippen molar-refractivity contribution in [3.63, 3.8) is 0 Å². The van der Waals surface area contributed by atoms with Gasteiger partial charge in [-0.15, -0.1) is 0 Å². The predicted octanol–water partition coefficient (Wildman–Crippen LogP) is 4.59. The standard InChI is InChI=1S/C24H25N3O4/c1-26(23(28)30-17-20-8-4-2-5-9-20)27(16-19-12-14-22(25)15-13-19)24(29)31-18-21-10-6-3-7-11-21/h2-15H,16-18,25H2,1H3. The van der Waals surface area contributed by atoms with Crippen LogP contribution in [-0.4, -0.2) is 29.3 Å². The normalized spacial score (nSPS) is 10.2. The number of carbonyl (C=O) groups is 2. The number of benzene rings is 3. The van der Waals surface area contributed by atoms with Crippen LogP contribution in [0.1, 0.15) is 16.7 Å². The number of amides is 2. The number of ether oxygens (including phenoxy) is 2. The van der Waals surface area contributed by atoms with Crippen LogP contribution in [0.3, 0.4) is 0 Å². The van der Waals surface area contributed by atoms with E-state index in [0.29, 0.717) is 5.69 Å². The van der Waals surface area contributed by atoms with E-state index in [-0.39, 0.29) is 19.8 Å². The molecule has 160 valence electrons. The highest BCUT2D eigenvalue weighted by atomic mass is 16.6. The Hall–Kier alpha value is -4.00. The van der Waals surface area contributed by atoms with Crippen LogP contribution < -0.4 is 5.73 Å². The van der Waals surface area contributed by atoms with E-state index in [4.69, 9.17) is 15.2 Å². The van der Waals surface area contributed by atoms with Crippen molar-refractivity contribution in [2.24, 2.45) is 0 Å². The van der Waals surface area contributed by atoms with Gasteiger partial charge in [0.05, 0.1) is 6.54 Å². The second-order valence-electron chi connectivity index (χ2n) is 6.90. The summed E-state index contributed by atoms with van der Waals surface area (Å²) in [6, 6.07) is 25.7. The molecule has 2 N–H and O–H groups in total. The van der Waals surface area contributed by atoms with E-state index in [1.54, 1.807) is 24.3 Å². The van der Waals surface area contributed by atoms with Gasteiger partial charge in [-0.1, -0.05) is 72.8 Å². The summed E-state index contributed by atoms with van der Waals surface area (Å²) in [5.41, 5.74) is 8.83. The Kier molecular flexibility index (Phi) is 7.48. The molecule has 0 heterocycles. The molecule has 7 heteroatoms. The van der Waals surface area contributed by atoms with Crippen LogP contribution in [0.15, 0.2) is 84.9 Å². The van der Waals surface area contributed by atoms with Crippen molar-refractivity contribution in [1.82, 2.24) is 10.0 Å². The lowest BCUT2D eigenvalue weighted by Gasteiger charge is -2.30. The second-order valence-corrected chi connectivity index (χ2v) is 6.90. The zero-order valence-corrected chi connectivity index (χ0v) is 17.3. The fourth-order valence-corrected chi connectivity index (χ4v) is 2.79. The SMILES string of the molecule is CN(C(=O)OCc1ccccc1)N(Cc1ccc(N)cc1)C(=O)OCc1ccccc1. The second kappa shape index (κ2) is 10.7. The summed E-state index contributed by atoms with van der Waals surface area (Å²) in [6.07, 6.45) is -1.34. The molecule has 3 aromatic carbocycles. The average molecular weight is 419 g/mol. The van der Waals surface area contributed by atoms with Gasteiger partial charge < -0.3 is 15.2 Å². The van der Waals surface area contributed by atoms with Crippen molar-refractivity contribution in [3.8, 4) is 0 Å². The minimum absolute atomic E-state index is 0.0881. The topological polar surface area (TPSA) is 85.1 Å². The lowest BCUT2D eigenvalue weighted by molar-refractivity contribution is -0.0167. The highest BCUT2D eigenvalue weighted by Crippen LogP contribution is 2.14. The molecule has 3 aromatic rings. The molecule has 0 aliphatic heterocycles. The molecule has 0 bridgehead atoms. The fraction of sp³-hybridized carbons (Fsp3) is 0.167. The third-order valence-electron chi connectivity index (χ3n) is 4.56. The average Bonchev–Trinajstić information content (AvgIpc) is 2.81. The van der Waals surface area contributed by atoms with Crippen molar-refractivity contribution in [3.05, 3.63) is 102 Å². The maximum atomic E-state index is 12.8. The molecule has 0 aromatic heterocycles. The van der Waals surface area contributed by atoms with Gasteiger partial charge in [-0.25, -0.2) is 19.6 Å². The summed E-state index contributed by atoms with van der Waals surface area (Å²) in [5, 5.41) is 2.31. The van der Waals surface area contributed by atoms with E-state index in [1.807, 2.05) is 60.7 Å². The molecule has 3 rings (SSSR count). The van der Waals surface area contributed by atoms with Crippen molar-refractivity contribution in [2.75, 3.05) is 12.8 Å². The minimum atomic E-state index is -0.670. The predicted molar refractivity (Wildman–Crippen MR) is 117 cm³/mol. The molecule has 0 fully saturated rings. The highest BCUT2D eigenvalue weighted by molar-refractivity contribution is 5.74. The van der Waals surface area contributed by atoms with E-state index >= 15 is 0 Å². The number of hydrogen-bond acceptors (Lipinski definition) is 5. The zero-order valence-electron chi connectivity index (χ0n) is 17.3. The van der Waals surface area contributed by atoms with Gasteiger partial charge in [-0.2, -0.15) is 0 Å². The van der Waals surface area contributed by atoms with Gasteiger partial charge in [0.1, 0.15) is 13.2 Å². The third-order valence-corrected chi connectivity index (χ3v) is 4.56. The van der Waals surface area contributed by atoms with Crippen LogP contribution >= 0.6 is 0 Å². The summed E-state index contributed by atoms with van der Waals surface area (Å²) < 4.78 is 10.8. The smallest absolute Gasteiger partial charge is 0.429 e. The van der Waals surface area contributed by atoms with Gasteiger partial charge in [0.2, 0.25) is 0 Å². The molecule has 0 saturated heterocycles. The molecule has 0 radical (unpaired) electrons. The number of nitrogens with zero attached hydrogens (tertiary/aromatic N) is 2. The van der Waals surface area contributed by atoms with E-state index in [9.17, 15) is 9.59 Å². The lowest BCUT2D eigenvalue weighted by atomic mass is 10.2. The Morgan fingerprint density at radius 2 is 1.19 bits per heavy atom. The maximum absolute atomic E-state index is 12.8. The molecule has 31 heavy (non-hydrogen) atoms. The van der Waals surface area contributed by atoms with Crippen molar-refractivity contribution < 1.29 is 19.1 Å². The highest BCUT2D eigenvalue weighted by Gasteiger charge is 2.26. The van der Waals surface area contributed by atoms with E-state index in [1.165, 1.54) is 12.1 Å². The number of anilines is 1. The van der Waals surface area contributed by atoms with Crippen molar-refractivity contribution in [1.29, 1.82) is 0 Å². The Bertz CT molecular complexity index is 979. The summed E-state index contributed by atoms with van der Waals surface area (Å²) in [6.45, 7) is 0.300. The van der Waals surface area contributed by atoms with Crippen LogP contribution in [-0.2, 0) is 29.2 Å². The first-order valence-corrected chi connectivity index (χ1v) is 9.80. The first kappa shape index (κ1) is 21.7. The number of rotatable bonds is 6. The Balaban J connectivity index is 1.69. The van der Waals surface area contributed by atoms with Crippen LogP contribution in [0, 0.1) is 0 Å². The monoisotopic (exact) mass is 419 g/mol. The zero-order chi connectivity index (χ0) is 22.1. The lowest BCUT2D eigenvalue weighted by Crippen LogP contribution is -2.47. The Morgan fingerprint density at radius 3 is 1.71 bits per heavy atom. The van der Waals surface area contributed by atoms with Crippen LogP contribution in [0.4, 0.5) is 15.3 Å². The molecule has 0 spiro atoms. The summed E-state index contributed by atoms with van der Waals surface area (Å²) >= 11 is 0. The first-order valence-electron chi connectivity index (χ1n) is 9.80. The fourth-order valence-electron chi connectivity index (χ4n) is 2.79. The molecule has 0 aliphatic rings. The molecule has 7 nitrogen and oxygen atoms in total. The molecular formula is C24H25N3O4. The third kappa shape index (κ3) is 6.50. The van der Waals surface area contributed by atoms with Gasteiger partial charge in [0.25, 0.3) is 0 Å². The molecule has 2 amide bonds. The number of hydrazine groups is 1. The largest absolute Gasteiger partial charge is 0.443 e. The molecule has 0 saturated carbocycles. The summed E-state index contributed by atoms with van der Waals surface area (Å²) in [7, 11) is 1.47. The van der Waals surface area contributed by atoms with Crippen LogP contribution in [0.5, 0.6) is 0 Å². The Labute approximate surface area is 181 Å². The van der Waals surface area contributed by atoms with Crippen LogP contribution in [0.25, 0.3) is 0 Å². The molecule has 0 unspecified atom stereocenters. The molecule has 0 atom stereocenters. The summed E-state index contributed by atoms with van der Waals surface area (Å²) in [5.74, 6) is 0. The van der Waals surface area contributed by atoms with Crippen molar-refractivity contribution in [2.45, 2.75) is 19.8 Å². The van der Waals surface area contributed by atoms with E-state index < -0.39 is 12.2 Å². The summed E-state index contributed by atoms with van der Waals surface area (Å²) in [4.78, 5) is 25.5. The van der Waals surface area contributed by atoms with Gasteiger partial charge >= 0.3 is 12.2 Å².